The first-order chi connectivity index (χ1) is 22.6. The summed E-state index contributed by atoms with van der Waals surface area (Å²) in [5.41, 5.74) is 6.52. The molecule has 47 heavy (non-hydrogen) atoms. The van der Waals surface area contributed by atoms with E-state index in [-0.39, 0.29) is 29.8 Å². The molecule has 1 aliphatic heterocycles. The Morgan fingerprint density at radius 1 is 1.00 bits per heavy atom. The predicted molar refractivity (Wildman–Crippen MR) is 177 cm³/mol. The number of benzene rings is 1. The number of furan rings is 1. The Morgan fingerprint density at radius 3 is 2.47 bits per heavy atom. The Balaban J connectivity index is 1.18. The number of piperazine rings is 1. The molecule has 1 aliphatic rings. The zero-order chi connectivity index (χ0) is 33.2. The van der Waals surface area contributed by atoms with Crippen LogP contribution in [0.5, 0.6) is 0 Å². The van der Waals surface area contributed by atoms with Gasteiger partial charge in [-0.1, -0.05) is 0 Å². The number of aromatic nitrogens is 4. The van der Waals surface area contributed by atoms with Crippen LogP contribution in [-0.4, -0.2) is 67.8 Å². The highest BCUT2D eigenvalue weighted by atomic mass is 16.5. The smallest absolute Gasteiger partial charge is 0.310 e. The summed E-state index contributed by atoms with van der Waals surface area (Å²) in [6.45, 7) is 11.6. The number of nitrogens with zero attached hydrogens (tertiary/aromatic N) is 5. The third-order valence-corrected chi connectivity index (χ3v) is 8.51. The van der Waals surface area contributed by atoms with E-state index in [0.717, 1.165) is 65.3 Å². The van der Waals surface area contributed by atoms with Gasteiger partial charge in [-0.25, -0.2) is 10.5 Å². The molecule has 0 saturated carbocycles. The number of pyridine rings is 2. The van der Waals surface area contributed by atoms with Crippen LogP contribution in [0.25, 0.3) is 22.0 Å². The topological polar surface area (TPSA) is 162 Å². The summed E-state index contributed by atoms with van der Waals surface area (Å²) in [6.07, 6.45) is 3.54. The average Bonchev–Trinajstić information content (AvgIpc) is 3.71. The number of amides is 2. The van der Waals surface area contributed by atoms with E-state index >= 15 is 0 Å². The molecule has 4 aromatic heterocycles. The van der Waals surface area contributed by atoms with E-state index in [2.05, 4.69) is 25.2 Å². The van der Waals surface area contributed by atoms with E-state index < -0.39 is 5.91 Å². The monoisotopic (exact) mass is 638 g/mol. The van der Waals surface area contributed by atoms with Gasteiger partial charge in [0.2, 0.25) is 0 Å². The highest BCUT2D eigenvalue weighted by Crippen LogP contribution is 2.30. The molecule has 13 nitrogen and oxygen atoms in total. The zero-order valence-electron chi connectivity index (χ0n) is 26.8. The van der Waals surface area contributed by atoms with Crippen molar-refractivity contribution < 1.29 is 19.2 Å². The second-order valence-electron chi connectivity index (χ2n) is 12.1. The number of fused-ring (bicyclic) bond motifs is 1. The fourth-order valence-electron chi connectivity index (χ4n) is 6.02. The highest BCUT2D eigenvalue weighted by molar-refractivity contribution is 6.08. The molecular weight excluding hydrogens is 600 g/mol. The first-order valence-electron chi connectivity index (χ1n) is 15.6. The summed E-state index contributed by atoms with van der Waals surface area (Å²) in [7, 11) is 0. The number of hydroxylamine groups is 1. The van der Waals surface area contributed by atoms with Crippen molar-refractivity contribution in [2.45, 2.75) is 46.8 Å². The third kappa shape index (κ3) is 6.67. The van der Waals surface area contributed by atoms with Gasteiger partial charge in [0.1, 0.15) is 11.6 Å². The van der Waals surface area contributed by atoms with Gasteiger partial charge in [0.25, 0.3) is 11.5 Å². The third-order valence-electron chi connectivity index (χ3n) is 8.51. The van der Waals surface area contributed by atoms with E-state index in [1.165, 1.54) is 0 Å². The SMILES string of the molecule is Cc1cc(C)c(CNC(=O)c2cc(-c3ccc(N4CCN(Cc5ccc(C(=O)NO)o5)CC4)nc3)cc3c2cnn3C(C)C)c(=O)[nH]1. The summed E-state index contributed by atoms with van der Waals surface area (Å²) in [5.74, 6) is 0.622. The van der Waals surface area contributed by atoms with E-state index in [1.54, 1.807) is 23.8 Å². The number of H-pyrrole nitrogens is 1. The number of hydrogen-bond donors (Lipinski definition) is 4. The molecule has 5 heterocycles. The molecule has 0 radical (unpaired) electrons. The largest absolute Gasteiger partial charge is 0.454 e. The average molecular weight is 639 g/mol. The normalized spacial score (nSPS) is 13.8. The molecule has 6 rings (SSSR count). The zero-order valence-corrected chi connectivity index (χ0v) is 26.8. The van der Waals surface area contributed by atoms with E-state index in [1.807, 2.05) is 68.9 Å². The van der Waals surface area contributed by atoms with Crippen molar-refractivity contribution in [3.8, 4) is 11.1 Å². The van der Waals surface area contributed by atoms with Gasteiger partial charge in [0.15, 0.2) is 5.76 Å². The first kappa shape index (κ1) is 31.7. The van der Waals surface area contributed by atoms with Crippen LogP contribution in [-0.2, 0) is 13.1 Å². The summed E-state index contributed by atoms with van der Waals surface area (Å²) >= 11 is 0. The molecule has 1 aromatic carbocycles. The van der Waals surface area contributed by atoms with Gasteiger partial charge in [-0.05, 0) is 81.3 Å². The standard InChI is InChI=1S/C34H38N8O5/c1-20(2)42-29-15-24(14-26(28(29)18-37-42)32(43)36-17-27-21(3)13-22(4)38-33(27)44)23-5-8-31(35-16-23)41-11-9-40(10-12-41)19-25-6-7-30(47-25)34(45)39-46/h5-8,13-16,18,20,46H,9-12,17,19H2,1-4H3,(H,36,43)(H,38,44)(H,39,45). The van der Waals surface area contributed by atoms with Crippen molar-refractivity contribution in [1.29, 1.82) is 0 Å². The van der Waals surface area contributed by atoms with Crippen molar-refractivity contribution in [2.75, 3.05) is 31.1 Å². The van der Waals surface area contributed by atoms with Gasteiger partial charge >= 0.3 is 5.91 Å². The summed E-state index contributed by atoms with van der Waals surface area (Å²) in [5, 5.41) is 17.1. The molecule has 0 unspecified atom stereocenters. The Bertz CT molecular complexity index is 1980. The van der Waals surface area contributed by atoms with Crippen molar-refractivity contribution >= 4 is 28.5 Å². The van der Waals surface area contributed by atoms with Crippen LogP contribution in [0.2, 0.25) is 0 Å². The van der Waals surface area contributed by atoms with Gasteiger partial charge in [0.05, 0.1) is 23.8 Å². The minimum absolute atomic E-state index is 0.0694. The molecule has 13 heteroatoms. The summed E-state index contributed by atoms with van der Waals surface area (Å²) in [4.78, 5) is 49.8. The van der Waals surface area contributed by atoms with Crippen molar-refractivity contribution in [2.24, 2.45) is 0 Å². The number of aryl methyl sites for hydroxylation is 2. The molecular formula is C34H38N8O5. The molecule has 0 atom stereocenters. The highest BCUT2D eigenvalue weighted by Gasteiger charge is 2.21. The van der Waals surface area contributed by atoms with Gasteiger partial charge in [-0.3, -0.25) is 29.2 Å². The molecule has 1 saturated heterocycles. The lowest BCUT2D eigenvalue weighted by molar-refractivity contribution is 0.0672. The lowest BCUT2D eigenvalue weighted by atomic mass is 10.0. The predicted octanol–water partition coefficient (Wildman–Crippen LogP) is 3.95. The van der Waals surface area contributed by atoms with Crippen LogP contribution in [0.15, 0.2) is 64.1 Å². The number of hydrogen-bond acceptors (Lipinski definition) is 9. The summed E-state index contributed by atoms with van der Waals surface area (Å²) < 4.78 is 7.43. The molecule has 244 valence electrons. The van der Waals surface area contributed by atoms with Crippen LogP contribution in [0, 0.1) is 13.8 Å². The summed E-state index contributed by atoms with van der Waals surface area (Å²) in [6, 6.07) is 13.2. The van der Waals surface area contributed by atoms with Crippen LogP contribution in [0.4, 0.5) is 5.82 Å². The quantitative estimate of drug-likeness (QED) is 0.138. The van der Waals surface area contributed by atoms with E-state index in [0.29, 0.717) is 23.4 Å². The molecule has 5 aromatic rings. The second-order valence-corrected chi connectivity index (χ2v) is 12.1. The molecule has 0 aliphatic carbocycles. The maximum atomic E-state index is 13.6. The van der Waals surface area contributed by atoms with Gasteiger partial charge in [-0.2, -0.15) is 5.10 Å². The minimum atomic E-state index is -0.675. The van der Waals surface area contributed by atoms with Gasteiger partial charge in [0, 0.05) is 67.2 Å². The molecule has 0 spiro atoms. The minimum Gasteiger partial charge on any atom is -0.454 e. The fraction of sp³-hybridized carbons (Fsp3) is 0.324. The Hall–Kier alpha value is -5.27. The van der Waals surface area contributed by atoms with Gasteiger partial charge in [-0.15, -0.1) is 0 Å². The molecule has 1 fully saturated rings. The maximum Gasteiger partial charge on any atom is 0.310 e. The Labute approximate surface area is 271 Å². The number of carbonyl (C=O) groups excluding carboxylic acids is 2. The number of carbonyl (C=O) groups is 2. The van der Waals surface area contributed by atoms with E-state index in [4.69, 9.17) is 14.6 Å². The molecule has 2 amide bonds. The molecule has 4 N–H and O–H groups in total. The lowest BCUT2D eigenvalue weighted by Crippen LogP contribution is -2.46. The maximum absolute atomic E-state index is 13.6. The number of anilines is 1. The number of nitrogens with one attached hydrogen (secondary N) is 3. The van der Waals surface area contributed by atoms with Crippen LogP contribution < -0.4 is 21.3 Å². The first-order valence-corrected chi connectivity index (χ1v) is 15.6. The van der Waals surface area contributed by atoms with Crippen LogP contribution in [0.3, 0.4) is 0 Å². The fourth-order valence-corrected chi connectivity index (χ4v) is 6.02. The van der Waals surface area contributed by atoms with Gasteiger partial charge < -0.3 is 19.6 Å². The lowest BCUT2D eigenvalue weighted by Gasteiger charge is -2.35. The van der Waals surface area contributed by atoms with Crippen molar-refractivity contribution in [1.82, 2.24) is 35.4 Å². The van der Waals surface area contributed by atoms with Crippen molar-refractivity contribution in [3.05, 3.63) is 99.1 Å². The Morgan fingerprint density at radius 2 is 1.79 bits per heavy atom. The van der Waals surface area contributed by atoms with Crippen molar-refractivity contribution in [3.63, 3.8) is 0 Å². The second kappa shape index (κ2) is 13.2. The van der Waals surface area contributed by atoms with Crippen LogP contribution in [0.1, 0.15) is 63.4 Å². The number of aromatic amines is 1. The van der Waals surface area contributed by atoms with Crippen LogP contribution >= 0.6 is 0 Å². The molecule has 0 bridgehead atoms. The number of rotatable bonds is 9. The van der Waals surface area contributed by atoms with E-state index in [9.17, 15) is 14.4 Å². The Kier molecular flexibility index (Phi) is 8.92.